The normalized spacial score (nSPS) is 18.5. The van der Waals surface area contributed by atoms with Gasteiger partial charge in [-0.25, -0.2) is 0 Å². The Bertz CT molecular complexity index is 733. The summed E-state index contributed by atoms with van der Waals surface area (Å²) in [6, 6.07) is 6.84. The fourth-order valence-corrected chi connectivity index (χ4v) is 4.15. The number of alkyl halides is 3. The summed E-state index contributed by atoms with van der Waals surface area (Å²) in [5.41, 5.74) is -0.0500. The maximum Gasteiger partial charge on any atom is 0.401 e. The maximum atomic E-state index is 13.2. The van der Waals surface area contributed by atoms with Gasteiger partial charge >= 0.3 is 6.18 Å². The highest BCUT2D eigenvalue weighted by atomic mass is 19.4. The van der Waals surface area contributed by atoms with Gasteiger partial charge in [-0.1, -0.05) is 25.0 Å². The Morgan fingerprint density at radius 2 is 1.93 bits per heavy atom. The molecule has 0 aromatic heterocycles. The predicted molar refractivity (Wildman–Crippen MR) is 98.0 cm³/mol. The van der Waals surface area contributed by atoms with Crippen LogP contribution in [-0.4, -0.2) is 59.8 Å². The van der Waals surface area contributed by atoms with Crippen LogP contribution in [0.4, 0.5) is 24.5 Å². The van der Waals surface area contributed by atoms with Gasteiger partial charge in [0.15, 0.2) is 0 Å². The fraction of sp³-hybridized carbons (Fsp3) is 0.579. The zero-order valence-electron chi connectivity index (χ0n) is 15.5. The molecule has 0 unspecified atom stereocenters. The Hall–Kier alpha value is -2.13. The molecule has 1 spiro atoms. The van der Waals surface area contributed by atoms with E-state index in [2.05, 4.69) is 5.32 Å². The molecule has 6 nitrogen and oxygen atoms in total. The van der Waals surface area contributed by atoms with Crippen molar-refractivity contribution in [3.63, 3.8) is 0 Å². The van der Waals surface area contributed by atoms with E-state index in [1.165, 1.54) is 4.90 Å². The number of nitrogens with zero attached hydrogens (tertiary/aromatic N) is 2. The Morgan fingerprint density at radius 3 is 2.57 bits per heavy atom. The molecule has 2 amide bonds. The smallest absolute Gasteiger partial charge is 0.396 e. The van der Waals surface area contributed by atoms with E-state index >= 15 is 0 Å². The Kier molecular flexibility index (Phi) is 5.95. The first kappa shape index (κ1) is 20.6. The molecule has 1 aliphatic heterocycles. The van der Waals surface area contributed by atoms with E-state index < -0.39 is 30.7 Å². The lowest BCUT2D eigenvalue weighted by atomic mass is 9.89. The first-order chi connectivity index (χ1) is 13.3. The second kappa shape index (κ2) is 8.08. The zero-order chi connectivity index (χ0) is 20.4. The van der Waals surface area contributed by atoms with Crippen molar-refractivity contribution in [2.45, 2.75) is 43.8 Å². The standard InChI is InChI=1S/C19H24F3N3O3/c20-19(21,22)13-24(10-5-11-26)12-16(27)25-15-7-2-1-6-14(15)23-17(28)18(25)8-3-4-9-18/h1-2,6-7,26H,3-5,8-13H2,(H,23,28). The lowest BCUT2D eigenvalue weighted by Crippen LogP contribution is -2.62. The quantitative estimate of drug-likeness (QED) is 0.771. The predicted octanol–water partition coefficient (Wildman–Crippen LogP) is 2.53. The van der Waals surface area contributed by atoms with Gasteiger partial charge in [0.25, 0.3) is 5.91 Å². The van der Waals surface area contributed by atoms with Crippen LogP contribution in [0.1, 0.15) is 32.1 Å². The van der Waals surface area contributed by atoms with Crippen LogP contribution in [-0.2, 0) is 9.59 Å². The van der Waals surface area contributed by atoms with Gasteiger partial charge in [-0.2, -0.15) is 13.2 Å². The Balaban J connectivity index is 1.91. The summed E-state index contributed by atoms with van der Waals surface area (Å²) in [4.78, 5) is 28.4. The van der Waals surface area contributed by atoms with E-state index in [0.29, 0.717) is 24.2 Å². The fourth-order valence-electron chi connectivity index (χ4n) is 4.15. The number of carbonyl (C=O) groups is 2. The number of aliphatic hydroxyl groups excluding tert-OH is 1. The second-order valence-corrected chi connectivity index (χ2v) is 7.34. The largest absolute Gasteiger partial charge is 0.401 e. The highest BCUT2D eigenvalue weighted by molar-refractivity contribution is 6.15. The number of aliphatic hydroxyl groups is 1. The van der Waals surface area contributed by atoms with Crippen LogP contribution in [0, 0.1) is 0 Å². The Labute approximate surface area is 161 Å². The number of nitrogens with one attached hydrogen (secondary N) is 1. The monoisotopic (exact) mass is 399 g/mol. The third-order valence-electron chi connectivity index (χ3n) is 5.32. The van der Waals surface area contributed by atoms with Gasteiger partial charge in [0.2, 0.25) is 5.91 Å². The summed E-state index contributed by atoms with van der Waals surface area (Å²) in [6.45, 7) is -2.03. The molecule has 0 bridgehead atoms. The van der Waals surface area contributed by atoms with Crippen LogP contribution in [0.3, 0.4) is 0 Å². The van der Waals surface area contributed by atoms with Crippen LogP contribution in [0.5, 0.6) is 0 Å². The van der Waals surface area contributed by atoms with E-state index in [9.17, 15) is 22.8 Å². The molecule has 3 rings (SSSR count). The maximum absolute atomic E-state index is 13.2. The van der Waals surface area contributed by atoms with E-state index in [4.69, 9.17) is 5.11 Å². The number of fused-ring (bicyclic) bond motifs is 1. The number of para-hydroxylation sites is 2. The summed E-state index contributed by atoms with van der Waals surface area (Å²) >= 11 is 0. The summed E-state index contributed by atoms with van der Waals surface area (Å²) in [7, 11) is 0. The second-order valence-electron chi connectivity index (χ2n) is 7.34. The van der Waals surface area contributed by atoms with E-state index in [-0.39, 0.29) is 25.5 Å². The SMILES string of the molecule is O=C(CN(CCCO)CC(F)(F)F)N1c2ccccc2NC(=O)C12CCCC2. The summed E-state index contributed by atoms with van der Waals surface area (Å²) < 4.78 is 38.8. The van der Waals surface area contributed by atoms with Gasteiger partial charge < -0.3 is 10.4 Å². The molecule has 0 saturated heterocycles. The minimum absolute atomic E-state index is 0.0591. The van der Waals surface area contributed by atoms with Crippen molar-refractivity contribution in [3.05, 3.63) is 24.3 Å². The third-order valence-corrected chi connectivity index (χ3v) is 5.32. The molecule has 2 aliphatic rings. The van der Waals surface area contributed by atoms with Gasteiger partial charge in [-0.05, 0) is 31.4 Å². The van der Waals surface area contributed by atoms with Crippen LogP contribution in [0.25, 0.3) is 0 Å². The van der Waals surface area contributed by atoms with Crippen molar-refractivity contribution < 1.29 is 27.9 Å². The lowest BCUT2D eigenvalue weighted by molar-refractivity contribution is -0.149. The summed E-state index contributed by atoms with van der Waals surface area (Å²) in [5, 5.41) is 11.8. The number of benzene rings is 1. The zero-order valence-corrected chi connectivity index (χ0v) is 15.5. The average molecular weight is 399 g/mol. The van der Waals surface area contributed by atoms with Gasteiger partial charge in [-0.15, -0.1) is 0 Å². The van der Waals surface area contributed by atoms with Crippen LogP contribution in [0.15, 0.2) is 24.3 Å². The minimum Gasteiger partial charge on any atom is -0.396 e. The number of hydrogen-bond acceptors (Lipinski definition) is 4. The molecule has 1 heterocycles. The highest BCUT2D eigenvalue weighted by Gasteiger charge is 2.52. The molecule has 154 valence electrons. The highest BCUT2D eigenvalue weighted by Crippen LogP contribution is 2.45. The van der Waals surface area contributed by atoms with Crippen molar-refractivity contribution in [2.75, 3.05) is 36.5 Å². The minimum atomic E-state index is -4.46. The topological polar surface area (TPSA) is 72.9 Å². The summed E-state index contributed by atoms with van der Waals surface area (Å²) in [5.74, 6) is -0.818. The van der Waals surface area contributed by atoms with Crippen molar-refractivity contribution >= 4 is 23.2 Å². The Morgan fingerprint density at radius 1 is 1.25 bits per heavy atom. The van der Waals surface area contributed by atoms with Crippen molar-refractivity contribution in [1.82, 2.24) is 4.90 Å². The number of hydrogen-bond donors (Lipinski definition) is 2. The number of amides is 2. The van der Waals surface area contributed by atoms with Crippen molar-refractivity contribution in [2.24, 2.45) is 0 Å². The lowest BCUT2D eigenvalue weighted by Gasteiger charge is -2.45. The van der Waals surface area contributed by atoms with Crippen LogP contribution in [0.2, 0.25) is 0 Å². The van der Waals surface area contributed by atoms with Gasteiger partial charge in [0.05, 0.1) is 24.5 Å². The molecule has 2 N–H and O–H groups in total. The molecule has 0 radical (unpaired) electrons. The molecule has 1 aliphatic carbocycles. The third kappa shape index (κ3) is 4.15. The molecule has 0 atom stereocenters. The van der Waals surface area contributed by atoms with E-state index in [1.807, 2.05) is 0 Å². The average Bonchev–Trinajstić information content (AvgIpc) is 3.09. The first-order valence-corrected chi connectivity index (χ1v) is 9.40. The number of rotatable bonds is 6. The van der Waals surface area contributed by atoms with Crippen molar-refractivity contribution in [1.29, 1.82) is 0 Å². The van der Waals surface area contributed by atoms with Gasteiger partial charge in [0.1, 0.15) is 5.54 Å². The van der Waals surface area contributed by atoms with Gasteiger partial charge in [-0.3, -0.25) is 19.4 Å². The molecule has 1 aromatic rings. The van der Waals surface area contributed by atoms with Crippen LogP contribution >= 0.6 is 0 Å². The first-order valence-electron chi connectivity index (χ1n) is 9.40. The van der Waals surface area contributed by atoms with Gasteiger partial charge in [0, 0.05) is 13.2 Å². The van der Waals surface area contributed by atoms with Crippen LogP contribution < -0.4 is 10.2 Å². The molecular formula is C19H24F3N3O3. The molecule has 1 saturated carbocycles. The molecule has 1 aromatic carbocycles. The number of anilines is 2. The molecule has 1 fully saturated rings. The van der Waals surface area contributed by atoms with E-state index in [1.54, 1.807) is 24.3 Å². The molecule has 9 heteroatoms. The van der Waals surface area contributed by atoms with Crippen molar-refractivity contribution in [3.8, 4) is 0 Å². The van der Waals surface area contributed by atoms with E-state index in [0.717, 1.165) is 17.7 Å². The number of carbonyl (C=O) groups excluding carboxylic acids is 2. The number of halogens is 3. The molecule has 28 heavy (non-hydrogen) atoms. The summed E-state index contributed by atoms with van der Waals surface area (Å²) in [6.07, 6.45) is -1.82. The molecular weight excluding hydrogens is 375 g/mol.